The summed E-state index contributed by atoms with van der Waals surface area (Å²) in [7, 11) is 3.03. The quantitative estimate of drug-likeness (QED) is 0.531. The summed E-state index contributed by atoms with van der Waals surface area (Å²) in [5, 5.41) is 0. The fraction of sp³-hybridized carbons (Fsp3) is 0.480. The van der Waals surface area contributed by atoms with Crippen molar-refractivity contribution in [3.05, 3.63) is 58.7 Å². The highest BCUT2D eigenvalue weighted by atomic mass is 19.4. The largest absolute Gasteiger partial charge is 0.493 e. The lowest BCUT2D eigenvalue weighted by molar-refractivity contribution is -0.137. The summed E-state index contributed by atoms with van der Waals surface area (Å²) in [6.45, 7) is 1.21. The Labute approximate surface area is 190 Å². The van der Waals surface area contributed by atoms with E-state index in [1.54, 1.807) is 18.2 Å². The third-order valence-corrected chi connectivity index (χ3v) is 6.74. The zero-order valence-electron chi connectivity index (χ0n) is 18.7. The van der Waals surface area contributed by atoms with E-state index in [1.165, 1.54) is 20.3 Å². The van der Waals surface area contributed by atoms with Gasteiger partial charge < -0.3 is 9.47 Å². The maximum atomic E-state index is 15.7. The van der Waals surface area contributed by atoms with Crippen molar-refractivity contribution in [1.29, 1.82) is 0 Å². The molecule has 4 rings (SSSR count). The summed E-state index contributed by atoms with van der Waals surface area (Å²) in [4.78, 5) is 14.9. The van der Waals surface area contributed by atoms with Gasteiger partial charge in [0.15, 0.2) is 17.3 Å². The summed E-state index contributed by atoms with van der Waals surface area (Å²) in [5.41, 5.74) is -0.192. The maximum absolute atomic E-state index is 15.7. The van der Waals surface area contributed by atoms with E-state index in [1.807, 2.05) is 4.90 Å². The normalized spacial score (nSPS) is 20.5. The number of methoxy groups -OCH3 is 2. The molecule has 0 spiro atoms. The molecule has 0 saturated carbocycles. The van der Waals surface area contributed by atoms with Crippen molar-refractivity contribution in [3.8, 4) is 11.5 Å². The second kappa shape index (κ2) is 8.97. The Morgan fingerprint density at radius 2 is 1.73 bits per heavy atom. The molecule has 1 saturated heterocycles. The second-order valence-electron chi connectivity index (χ2n) is 8.96. The first-order valence-corrected chi connectivity index (χ1v) is 11.0. The zero-order chi connectivity index (χ0) is 23.8. The highest BCUT2D eigenvalue weighted by molar-refractivity contribution is 6.03. The van der Waals surface area contributed by atoms with Gasteiger partial charge in [-0.1, -0.05) is 18.2 Å². The molecule has 1 atom stereocenters. The molecular weight excluding hydrogens is 438 g/mol. The molecule has 0 radical (unpaired) electrons. The van der Waals surface area contributed by atoms with E-state index in [2.05, 4.69) is 0 Å². The molecule has 2 aliphatic rings. The fourth-order valence-electron chi connectivity index (χ4n) is 4.92. The summed E-state index contributed by atoms with van der Waals surface area (Å²) < 4.78 is 65.1. The average molecular weight is 465 g/mol. The van der Waals surface area contributed by atoms with Crippen LogP contribution in [0.4, 0.5) is 17.6 Å². The summed E-state index contributed by atoms with van der Waals surface area (Å²) in [5.74, 6) is 0.511. The number of alkyl halides is 4. The Hall–Kier alpha value is -2.61. The SMILES string of the molecule is COc1cc2c(cc1OC)C(=O)C(CC1(F)CCN(Cc3cccc(C(F)(F)F)c3)CC1)C2. The predicted octanol–water partition coefficient (Wildman–Crippen LogP) is 5.47. The van der Waals surface area contributed by atoms with E-state index >= 15 is 4.39 Å². The van der Waals surface area contributed by atoms with Gasteiger partial charge in [0, 0.05) is 31.1 Å². The molecule has 0 aromatic heterocycles. The fourth-order valence-corrected chi connectivity index (χ4v) is 4.92. The van der Waals surface area contributed by atoms with Crippen molar-refractivity contribution in [2.45, 2.75) is 44.1 Å². The minimum Gasteiger partial charge on any atom is -0.493 e. The zero-order valence-corrected chi connectivity index (χ0v) is 18.7. The number of likely N-dealkylation sites (tertiary alicyclic amines) is 1. The van der Waals surface area contributed by atoms with Gasteiger partial charge in [-0.25, -0.2) is 4.39 Å². The number of ether oxygens (including phenoxy) is 2. The number of carbonyl (C=O) groups is 1. The van der Waals surface area contributed by atoms with Crippen LogP contribution in [0.1, 0.15) is 46.3 Å². The van der Waals surface area contributed by atoms with Crippen LogP contribution in [0.2, 0.25) is 0 Å². The van der Waals surface area contributed by atoms with Crippen LogP contribution in [0, 0.1) is 5.92 Å². The van der Waals surface area contributed by atoms with Gasteiger partial charge in [0.25, 0.3) is 0 Å². The van der Waals surface area contributed by atoms with Crippen molar-refractivity contribution in [1.82, 2.24) is 4.90 Å². The number of carbonyl (C=O) groups excluding carboxylic acids is 1. The standard InChI is InChI=1S/C25H27F4NO3/c1-32-21-12-17-11-18(23(31)20(17)13-22(21)33-2)14-24(26)6-8-30(9-7-24)15-16-4-3-5-19(10-16)25(27,28)29/h3-5,10,12-13,18H,6-9,11,14-15H2,1-2H3. The lowest BCUT2D eigenvalue weighted by Crippen LogP contribution is -2.42. The topological polar surface area (TPSA) is 38.8 Å². The molecule has 8 heteroatoms. The van der Waals surface area contributed by atoms with Gasteiger partial charge in [-0.3, -0.25) is 9.69 Å². The molecule has 33 heavy (non-hydrogen) atoms. The van der Waals surface area contributed by atoms with Crippen LogP contribution in [0.25, 0.3) is 0 Å². The minimum atomic E-state index is -4.38. The van der Waals surface area contributed by atoms with Crippen molar-refractivity contribution in [3.63, 3.8) is 0 Å². The van der Waals surface area contributed by atoms with Crippen LogP contribution >= 0.6 is 0 Å². The van der Waals surface area contributed by atoms with Crippen LogP contribution in [-0.4, -0.2) is 43.7 Å². The first-order valence-electron chi connectivity index (χ1n) is 11.0. The Balaban J connectivity index is 1.37. The number of piperidine rings is 1. The Bertz CT molecular complexity index is 1030. The number of benzene rings is 2. The molecule has 4 nitrogen and oxygen atoms in total. The van der Waals surface area contributed by atoms with Gasteiger partial charge in [0.1, 0.15) is 5.67 Å². The number of nitrogens with zero attached hydrogens (tertiary/aromatic N) is 1. The van der Waals surface area contributed by atoms with Gasteiger partial charge in [0.05, 0.1) is 19.8 Å². The molecule has 1 unspecified atom stereocenters. The van der Waals surface area contributed by atoms with E-state index in [0.717, 1.165) is 17.7 Å². The van der Waals surface area contributed by atoms with E-state index in [-0.39, 0.29) is 25.0 Å². The Morgan fingerprint density at radius 3 is 2.36 bits per heavy atom. The highest BCUT2D eigenvalue weighted by Gasteiger charge is 2.42. The number of Topliss-reactive ketones (excluding diaryl/α,β-unsaturated/α-hetero) is 1. The first kappa shape index (κ1) is 23.5. The lowest BCUT2D eigenvalue weighted by Gasteiger charge is -2.37. The Morgan fingerprint density at radius 1 is 1.06 bits per heavy atom. The van der Waals surface area contributed by atoms with Crippen molar-refractivity contribution >= 4 is 5.78 Å². The number of ketones is 1. The summed E-state index contributed by atoms with van der Waals surface area (Å²) >= 11 is 0. The second-order valence-corrected chi connectivity index (χ2v) is 8.96. The van der Waals surface area contributed by atoms with Gasteiger partial charge in [-0.05, 0) is 55.0 Å². The van der Waals surface area contributed by atoms with Crippen LogP contribution in [0.3, 0.4) is 0 Å². The molecule has 1 fully saturated rings. The molecule has 0 N–H and O–H groups in total. The predicted molar refractivity (Wildman–Crippen MR) is 115 cm³/mol. The molecule has 178 valence electrons. The molecular formula is C25H27F4NO3. The lowest BCUT2D eigenvalue weighted by atomic mass is 9.82. The van der Waals surface area contributed by atoms with Crippen LogP contribution in [0.5, 0.6) is 11.5 Å². The minimum absolute atomic E-state index is 0.0747. The molecule has 0 amide bonds. The number of rotatable bonds is 6. The molecule has 1 aliphatic carbocycles. The van der Waals surface area contributed by atoms with Crippen molar-refractivity contribution in [2.24, 2.45) is 5.92 Å². The van der Waals surface area contributed by atoms with Gasteiger partial charge in [-0.15, -0.1) is 0 Å². The third-order valence-electron chi connectivity index (χ3n) is 6.74. The molecule has 2 aromatic rings. The van der Waals surface area contributed by atoms with Gasteiger partial charge in [0.2, 0.25) is 0 Å². The van der Waals surface area contributed by atoms with Crippen LogP contribution < -0.4 is 9.47 Å². The van der Waals surface area contributed by atoms with Gasteiger partial charge in [-0.2, -0.15) is 13.2 Å². The number of hydrogen-bond acceptors (Lipinski definition) is 4. The maximum Gasteiger partial charge on any atom is 0.416 e. The summed E-state index contributed by atoms with van der Waals surface area (Å²) in [6.07, 6.45) is -3.28. The first-order chi connectivity index (χ1) is 15.6. The monoisotopic (exact) mass is 465 g/mol. The smallest absolute Gasteiger partial charge is 0.416 e. The molecule has 1 heterocycles. The average Bonchev–Trinajstić information content (AvgIpc) is 3.08. The van der Waals surface area contributed by atoms with E-state index in [4.69, 9.17) is 9.47 Å². The molecule has 2 aromatic carbocycles. The van der Waals surface area contributed by atoms with Crippen molar-refractivity contribution in [2.75, 3.05) is 27.3 Å². The van der Waals surface area contributed by atoms with Crippen LogP contribution in [0.15, 0.2) is 36.4 Å². The molecule has 1 aliphatic heterocycles. The van der Waals surface area contributed by atoms with Gasteiger partial charge >= 0.3 is 6.18 Å². The summed E-state index contributed by atoms with van der Waals surface area (Å²) in [6, 6.07) is 8.70. The molecule has 0 bridgehead atoms. The number of hydrogen-bond donors (Lipinski definition) is 0. The Kier molecular flexibility index (Phi) is 6.40. The third kappa shape index (κ3) is 5.00. The van der Waals surface area contributed by atoms with Crippen molar-refractivity contribution < 1.29 is 31.8 Å². The number of fused-ring (bicyclic) bond motifs is 1. The highest BCUT2D eigenvalue weighted by Crippen LogP contribution is 2.42. The van der Waals surface area contributed by atoms with E-state index in [0.29, 0.717) is 48.7 Å². The van der Waals surface area contributed by atoms with E-state index in [9.17, 15) is 18.0 Å². The van der Waals surface area contributed by atoms with E-state index < -0.39 is 23.3 Å². The van der Waals surface area contributed by atoms with Crippen LogP contribution in [-0.2, 0) is 19.1 Å². The number of halogens is 4.